The molecule has 1 aliphatic heterocycles. The van der Waals surface area contributed by atoms with Crippen molar-refractivity contribution >= 4 is 17.5 Å². The largest absolute Gasteiger partial charge is 0.443 e. The normalized spacial score (nSPS) is 20.9. The van der Waals surface area contributed by atoms with Crippen LogP contribution in [0.5, 0.6) is 0 Å². The second kappa shape index (κ2) is 8.20. The van der Waals surface area contributed by atoms with Crippen molar-refractivity contribution in [3.8, 4) is 11.3 Å². The number of amides is 1. The highest BCUT2D eigenvalue weighted by Gasteiger charge is 2.25. The fraction of sp³-hybridized carbons (Fsp3) is 0.474. The summed E-state index contributed by atoms with van der Waals surface area (Å²) in [5.41, 5.74) is 0.948. The zero-order valence-corrected chi connectivity index (χ0v) is 16.1. The van der Waals surface area contributed by atoms with Crippen LogP contribution in [0.2, 0.25) is 5.02 Å². The summed E-state index contributed by atoms with van der Waals surface area (Å²) in [4.78, 5) is 20.9. The molecular weight excluding hydrogens is 354 g/mol. The summed E-state index contributed by atoms with van der Waals surface area (Å²) in [5.74, 6) is 0.226. The van der Waals surface area contributed by atoms with Crippen molar-refractivity contribution in [3.63, 3.8) is 0 Å². The number of morpholine rings is 1. The van der Waals surface area contributed by atoms with E-state index in [9.17, 15) is 4.79 Å². The van der Waals surface area contributed by atoms with Crippen LogP contribution in [-0.2, 0) is 4.74 Å². The number of carbonyl (C=O) groups excluding carboxylic acids is 1. The molecular formula is C19H24ClN3O3. The molecule has 1 fully saturated rings. The predicted molar refractivity (Wildman–Crippen MR) is 100 cm³/mol. The van der Waals surface area contributed by atoms with Gasteiger partial charge in [0.15, 0.2) is 17.8 Å². The number of halogens is 1. The Balaban J connectivity index is 1.66. The average Bonchev–Trinajstić information content (AvgIpc) is 3.08. The summed E-state index contributed by atoms with van der Waals surface area (Å²) in [7, 11) is 1.78. The quantitative estimate of drug-likeness (QED) is 0.801. The van der Waals surface area contributed by atoms with Crippen LogP contribution in [0.15, 0.2) is 35.1 Å². The fourth-order valence-corrected chi connectivity index (χ4v) is 3.50. The van der Waals surface area contributed by atoms with Crippen molar-refractivity contribution in [1.82, 2.24) is 14.8 Å². The Morgan fingerprint density at radius 1 is 1.31 bits per heavy atom. The zero-order valence-electron chi connectivity index (χ0n) is 15.3. The van der Waals surface area contributed by atoms with E-state index in [0.717, 1.165) is 19.6 Å². The predicted octanol–water partition coefficient (Wildman–Crippen LogP) is 3.18. The zero-order chi connectivity index (χ0) is 18.7. The van der Waals surface area contributed by atoms with E-state index in [1.807, 2.05) is 18.2 Å². The summed E-state index contributed by atoms with van der Waals surface area (Å²) in [6.07, 6.45) is 1.70. The van der Waals surface area contributed by atoms with Crippen molar-refractivity contribution in [2.24, 2.45) is 0 Å². The summed E-state index contributed by atoms with van der Waals surface area (Å²) < 4.78 is 11.2. The summed E-state index contributed by atoms with van der Waals surface area (Å²) in [6.45, 7) is 7.29. The molecule has 0 N–H and O–H groups in total. The third-order valence-electron chi connectivity index (χ3n) is 4.48. The van der Waals surface area contributed by atoms with Gasteiger partial charge >= 0.3 is 0 Å². The smallest absolute Gasteiger partial charge is 0.276 e. The molecule has 0 unspecified atom stereocenters. The monoisotopic (exact) mass is 377 g/mol. The van der Waals surface area contributed by atoms with E-state index in [2.05, 4.69) is 23.7 Å². The third-order valence-corrected chi connectivity index (χ3v) is 4.81. The first kappa shape index (κ1) is 18.9. The fourth-order valence-electron chi connectivity index (χ4n) is 3.28. The van der Waals surface area contributed by atoms with Gasteiger partial charge in [-0.1, -0.05) is 23.7 Å². The second-order valence-corrected chi connectivity index (χ2v) is 7.16. The molecule has 1 amide bonds. The van der Waals surface area contributed by atoms with Crippen LogP contribution in [0.4, 0.5) is 0 Å². The van der Waals surface area contributed by atoms with Crippen molar-refractivity contribution < 1.29 is 13.9 Å². The molecule has 2 atom stereocenters. The molecule has 2 aromatic rings. The van der Waals surface area contributed by atoms with E-state index < -0.39 is 0 Å². The lowest BCUT2D eigenvalue weighted by Gasteiger charge is -2.36. The van der Waals surface area contributed by atoms with E-state index in [-0.39, 0.29) is 23.8 Å². The molecule has 0 aliphatic carbocycles. The van der Waals surface area contributed by atoms with E-state index in [1.165, 1.54) is 6.39 Å². The van der Waals surface area contributed by atoms with Crippen molar-refractivity contribution in [1.29, 1.82) is 0 Å². The van der Waals surface area contributed by atoms with Gasteiger partial charge in [0.1, 0.15) is 0 Å². The van der Waals surface area contributed by atoms with Gasteiger partial charge in [-0.25, -0.2) is 4.98 Å². The lowest BCUT2D eigenvalue weighted by Crippen LogP contribution is -2.48. The first-order valence-electron chi connectivity index (χ1n) is 8.77. The number of ether oxygens (including phenoxy) is 1. The first-order valence-corrected chi connectivity index (χ1v) is 9.15. The molecule has 140 valence electrons. The number of hydrogen-bond donors (Lipinski definition) is 0. The molecule has 2 heterocycles. The summed E-state index contributed by atoms with van der Waals surface area (Å²) in [5, 5.41) is 0.525. The van der Waals surface area contributed by atoms with Gasteiger partial charge in [-0.05, 0) is 26.0 Å². The Morgan fingerprint density at radius 3 is 2.69 bits per heavy atom. The number of oxazole rings is 1. The Morgan fingerprint density at radius 2 is 2.00 bits per heavy atom. The molecule has 26 heavy (non-hydrogen) atoms. The Bertz CT molecular complexity index is 754. The van der Waals surface area contributed by atoms with Crippen LogP contribution in [0, 0.1) is 0 Å². The van der Waals surface area contributed by atoms with Crippen LogP contribution in [0.3, 0.4) is 0 Å². The molecule has 0 spiro atoms. The Hall–Kier alpha value is -1.89. The van der Waals surface area contributed by atoms with Gasteiger partial charge in [-0.3, -0.25) is 9.69 Å². The van der Waals surface area contributed by atoms with E-state index >= 15 is 0 Å². The second-order valence-electron chi connectivity index (χ2n) is 6.75. The molecule has 0 radical (unpaired) electrons. The Kier molecular flexibility index (Phi) is 5.96. The van der Waals surface area contributed by atoms with Crippen molar-refractivity contribution in [2.75, 3.05) is 33.2 Å². The van der Waals surface area contributed by atoms with Gasteiger partial charge in [0.25, 0.3) is 5.91 Å². The topological polar surface area (TPSA) is 58.8 Å². The average molecular weight is 378 g/mol. The van der Waals surface area contributed by atoms with Gasteiger partial charge in [-0.15, -0.1) is 0 Å². The molecule has 1 aromatic carbocycles. The minimum atomic E-state index is -0.178. The lowest BCUT2D eigenvalue weighted by molar-refractivity contribution is -0.0685. The highest BCUT2D eigenvalue weighted by Crippen LogP contribution is 2.30. The summed E-state index contributed by atoms with van der Waals surface area (Å²) >= 11 is 6.23. The van der Waals surface area contributed by atoms with Gasteiger partial charge in [0.05, 0.1) is 17.2 Å². The number of aromatic nitrogens is 1. The van der Waals surface area contributed by atoms with E-state index in [1.54, 1.807) is 18.0 Å². The maximum atomic E-state index is 12.8. The van der Waals surface area contributed by atoms with Crippen LogP contribution in [0.1, 0.15) is 24.3 Å². The van der Waals surface area contributed by atoms with Crippen molar-refractivity contribution in [2.45, 2.75) is 26.1 Å². The number of hydrogen-bond acceptors (Lipinski definition) is 5. The standard InChI is InChI=1S/C19H24ClN3O3/c1-13-10-23(11-14(2)26-13)9-8-22(3)19(24)17-18(25-12-21-17)15-6-4-5-7-16(15)20/h4-7,12-14H,8-11H2,1-3H3/t13-,14+. The Labute approximate surface area is 158 Å². The molecule has 1 aliphatic rings. The summed E-state index contributed by atoms with van der Waals surface area (Å²) in [6, 6.07) is 7.26. The number of likely N-dealkylation sites (N-methyl/N-ethyl adjacent to an activating group) is 1. The van der Waals surface area contributed by atoms with Crippen molar-refractivity contribution in [3.05, 3.63) is 41.4 Å². The molecule has 7 heteroatoms. The minimum Gasteiger partial charge on any atom is -0.443 e. The SMILES string of the molecule is C[C@@H]1CN(CCN(C)C(=O)c2ncoc2-c2ccccc2Cl)C[C@H](C)O1. The highest BCUT2D eigenvalue weighted by atomic mass is 35.5. The molecule has 3 rings (SSSR count). The molecule has 6 nitrogen and oxygen atoms in total. The van der Waals surface area contributed by atoms with E-state index in [4.69, 9.17) is 20.8 Å². The van der Waals surface area contributed by atoms with Crippen LogP contribution in [-0.4, -0.2) is 66.1 Å². The lowest BCUT2D eigenvalue weighted by atomic mass is 10.1. The molecule has 1 saturated heterocycles. The maximum Gasteiger partial charge on any atom is 0.276 e. The van der Waals surface area contributed by atoms with Gasteiger partial charge in [0, 0.05) is 38.8 Å². The molecule has 1 aromatic heterocycles. The van der Waals surface area contributed by atoms with Crippen LogP contribution >= 0.6 is 11.6 Å². The van der Waals surface area contributed by atoms with E-state index in [0.29, 0.717) is 22.9 Å². The molecule has 0 saturated carbocycles. The minimum absolute atomic E-state index is 0.178. The number of carbonyl (C=O) groups is 1. The van der Waals surface area contributed by atoms with Gasteiger partial charge in [-0.2, -0.15) is 0 Å². The highest BCUT2D eigenvalue weighted by molar-refractivity contribution is 6.33. The van der Waals surface area contributed by atoms with Crippen LogP contribution < -0.4 is 0 Å². The number of nitrogens with zero attached hydrogens (tertiary/aromatic N) is 3. The van der Waals surface area contributed by atoms with Gasteiger partial charge < -0.3 is 14.1 Å². The first-order chi connectivity index (χ1) is 12.5. The van der Waals surface area contributed by atoms with Crippen LogP contribution in [0.25, 0.3) is 11.3 Å². The number of rotatable bonds is 5. The maximum absolute atomic E-state index is 12.8. The molecule has 0 bridgehead atoms. The number of benzene rings is 1. The van der Waals surface area contributed by atoms with Gasteiger partial charge in [0.2, 0.25) is 0 Å². The third kappa shape index (κ3) is 4.26.